The maximum atomic E-state index is 4.31. The number of aromatic nitrogens is 2. The second kappa shape index (κ2) is 5.26. The lowest BCUT2D eigenvalue weighted by Crippen LogP contribution is -2.47. The summed E-state index contributed by atoms with van der Waals surface area (Å²) in [5.41, 5.74) is 2.62. The van der Waals surface area contributed by atoms with Crippen LogP contribution >= 0.6 is 0 Å². The lowest BCUT2D eigenvalue weighted by atomic mass is 10.2. The van der Waals surface area contributed by atoms with Gasteiger partial charge in [0.2, 0.25) is 5.95 Å². The van der Waals surface area contributed by atoms with E-state index in [1.54, 1.807) is 12.4 Å². The van der Waals surface area contributed by atoms with E-state index < -0.39 is 0 Å². The van der Waals surface area contributed by atoms with Crippen LogP contribution in [0.25, 0.3) is 0 Å². The average molecular weight is 254 g/mol. The molecule has 3 rings (SSSR count). The number of nitrogens with zero attached hydrogens (tertiary/aromatic N) is 4. The third-order valence-electron chi connectivity index (χ3n) is 3.48. The van der Waals surface area contributed by atoms with Crippen LogP contribution in [0.5, 0.6) is 0 Å². The van der Waals surface area contributed by atoms with Crippen LogP contribution in [0, 0.1) is 6.92 Å². The molecule has 98 valence electrons. The minimum atomic E-state index is 0.839. The van der Waals surface area contributed by atoms with Crippen LogP contribution in [0.1, 0.15) is 5.56 Å². The summed E-state index contributed by atoms with van der Waals surface area (Å²) in [5, 5.41) is 0. The number of hydrogen-bond acceptors (Lipinski definition) is 4. The van der Waals surface area contributed by atoms with E-state index in [-0.39, 0.29) is 0 Å². The standard InChI is InChI=1S/C15H18N4/c1-13-4-2-5-14(12-13)18-8-10-19(11-9-18)15-16-6-3-7-17-15/h2-7,12H,8-11H2,1H3. The molecule has 2 heterocycles. The molecule has 0 saturated carbocycles. The largest absolute Gasteiger partial charge is 0.368 e. The first kappa shape index (κ1) is 12.0. The second-order valence-corrected chi connectivity index (χ2v) is 4.86. The third-order valence-corrected chi connectivity index (χ3v) is 3.48. The molecule has 19 heavy (non-hydrogen) atoms. The molecule has 4 nitrogen and oxygen atoms in total. The first-order chi connectivity index (χ1) is 9.33. The Morgan fingerprint density at radius 3 is 2.26 bits per heavy atom. The highest BCUT2D eigenvalue weighted by Crippen LogP contribution is 2.19. The summed E-state index contributed by atoms with van der Waals surface area (Å²) < 4.78 is 0. The maximum absolute atomic E-state index is 4.31. The number of aryl methyl sites for hydroxylation is 1. The van der Waals surface area contributed by atoms with E-state index in [2.05, 4.69) is 51.0 Å². The number of benzene rings is 1. The average Bonchev–Trinajstić information content (AvgIpc) is 2.48. The van der Waals surface area contributed by atoms with Crippen molar-refractivity contribution in [2.75, 3.05) is 36.0 Å². The van der Waals surface area contributed by atoms with Crippen LogP contribution in [-0.4, -0.2) is 36.1 Å². The SMILES string of the molecule is Cc1cccc(N2CCN(c3ncccn3)CC2)c1. The van der Waals surface area contributed by atoms with Crippen molar-refractivity contribution in [1.29, 1.82) is 0 Å². The molecule has 1 aliphatic heterocycles. The minimum absolute atomic E-state index is 0.839. The zero-order chi connectivity index (χ0) is 13.1. The van der Waals surface area contributed by atoms with Crippen molar-refractivity contribution in [3.8, 4) is 0 Å². The van der Waals surface area contributed by atoms with Crippen LogP contribution in [0.3, 0.4) is 0 Å². The molecule has 0 N–H and O–H groups in total. The van der Waals surface area contributed by atoms with E-state index in [1.165, 1.54) is 11.3 Å². The lowest BCUT2D eigenvalue weighted by molar-refractivity contribution is 0.640. The highest BCUT2D eigenvalue weighted by molar-refractivity contribution is 5.50. The Morgan fingerprint density at radius 1 is 0.895 bits per heavy atom. The van der Waals surface area contributed by atoms with Crippen molar-refractivity contribution in [2.24, 2.45) is 0 Å². The fourth-order valence-electron chi connectivity index (χ4n) is 2.44. The van der Waals surface area contributed by atoms with Gasteiger partial charge in [-0.05, 0) is 30.7 Å². The molecule has 1 fully saturated rings. The Morgan fingerprint density at radius 2 is 1.58 bits per heavy atom. The third kappa shape index (κ3) is 2.67. The Kier molecular flexibility index (Phi) is 3.31. The minimum Gasteiger partial charge on any atom is -0.368 e. The topological polar surface area (TPSA) is 32.3 Å². The smallest absolute Gasteiger partial charge is 0.225 e. The van der Waals surface area contributed by atoms with Gasteiger partial charge in [-0.2, -0.15) is 0 Å². The maximum Gasteiger partial charge on any atom is 0.225 e. The second-order valence-electron chi connectivity index (χ2n) is 4.86. The monoisotopic (exact) mass is 254 g/mol. The number of rotatable bonds is 2. The van der Waals surface area contributed by atoms with E-state index >= 15 is 0 Å². The van der Waals surface area contributed by atoms with E-state index in [1.807, 2.05) is 6.07 Å². The summed E-state index contributed by atoms with van der Waals surface area (Å²) in [6.45, 7) is 6.11. The van der Waals surface area contributed by atoms with Crippen LogP contribution in [-0.2, 0) is 0 Å². The molecule has 0 amide bonds. The van der Waals surface area contributed by atoms with Crippen molar-refractivity contribution in [3.63, 3.8) is 0 Å². The normalized spacial score (nSPS) is 15.6. The summed E-state index contributed by atoms with van der Waals surface area (Å²) in [7, 11) is 0. The van der Waals surface area contributed by atoms with Gasteiger partial charge in [0, 0.05) is 44.3 Å². The number of anilines is 2. The summed E-state index contributed by atoms with van der Waals surface area (Å²) in [5.74, 6) is 0.839. The van der Waals surface area contributed by atoms with Gasteiger partial charge in [-0.1, -0.05) is 12.1 Å². The zero-order valence-corrected chi connectivity index (χ0v) is 11.2. The lowest BCUT2D eigenvalue weighted by Gasteiger charge is -2.36. The molecule has 1 saturated heterocycles. The Labute approximate surface area is 113 Å². The summed E-state index contributed by atoms with van der Waals surface area (Å²) in [4.78, 5) is 13.3. The highest BCUT2D eigenvalue weighted by atomic mass is 15.3. The first-order valence-electron chi connectivity index (χ1n) is 6.66. The van der Waals surface area contributed by atoms with E-state index in [4.69, 9.17) is 0 Å². The Hall–Kier alpha value is -2.10. The molecule has 2 aromatic rings. The summed E-state index contributed by atoms with van der Waals surface area (Å²) in [6, 6.07) is 10.5. The molecule has 4 heteroatoms. The quantitative estimate of drug-likeness (QED) is 0.821. The Bertz CT molecular complexity index is 533. The van der Waals surface area contributed by atoms with Crippen molar-refractivity contribution in [3.05, 3.63) is 48.3 Å². The van der Waals surface area contributed by atoms with Crippen LogP contribution in [0.4, 0.5) is 11.6 Å². The molecule has 1 aromatic carbocycles. The molecule has 0 unspecified atom stereocenters. The van der Waals surface area contributed by atoms with Crippen LogP contribution < -0.4 is 9.80 Å². The van der Waals surface area contributed by atoms with E-state index in [9.17, 15) is 0 Å². The molecular weight excluding hydrogens is 236 g/mol. The zero-order valence-electron chi connectivity index (χ0n) is 11.2. The predicted molar refractivity (Wildman–Crippen MR) is 77.6 cm³/mol. The van der Waals surface area contributed by atoms with Gasteiger partial charge in [0.25, 0.3) is 0 Å². The molecule has 0 aliphatic carbocycles. The van der Waals surface area contributed by atoms with Gasteiger partial charge in [0.1, 0.15) is 0 Å². The molecule has 0 atom stereocenters. The molecule has 0 spiro atoms. The molecule has 0 bridgehead atoms. The van der Waals surface area contributed by atoms with Gasteiger partial charge >= 0.3 is 0 Å². The fourth-order valence-corrected chi connectivity index (χ4v) is 2.44. The van der Waals surface area contributed by atoms with E-state index in [0.29, 0.717) is 0 Å². The summed E-state index contributed by atoms with van der Waals surface area (Å²) in [6.07, 6.45) is 3.60. The summed E-state index contributed by atoms with van der Waals surface area (Å²) >= 11 is 0. The van der Waals surface area contributed by atoms with Gasteiger partial charge < -0.3 is 9.80 Å². The van der Waals surface area contributed by atoms with Crippen molar-refractivity contribution in [2.45, 2.75) is 6.92 Å². The first-order valence-corrected chi connectivity index (χ1v) is 6.66. The molecular formula is C15H18N4. The van der Waals surface area contributed by atoms with Gasteiger partial charge in [0.05, 0.1) is 0 Å². The van der Waals surface area contributed by atoms with Gasteiger partial charge in [-0.25, -0.2) is 9.97 Å². The van der Waals surface area contributed by atoms with E-state index in [0.717, 1.165) is 32.1 Å². The van der Waals surface area contributed by atoms with Crippen LogP contribution in [0.2, 0.25) is 0 Å². The molecule has 1 aliphatic rings. The van der Waals surface area contributed by atoms with Crippen molar-refractivity contribution >= 4 is 11.6 Å². The Balaban J connectivity index is 1.67. The van der Waals surface area contributed by atoms with Crippen LogP contribution in [0.15, 0.2) is 42.7 Å². The molecule has 0 radical (unpaired) electrons. The van der Waals surface area contributed by atoms with Gasteiger partial charge in [-0.3, -0.25) is 0 Å². The number of piperazine rings is 1. The van der Waals surface area contributed by atoms with Gasteiger partial charge in [0.15, 0.2) is 0 Å². The van der Waals surface area contributed by atoms with Crippen molar-refractivity contribution in [1.82, 2.24) is 9.97 Å². The molecule has 1 aromatic heterocycles. The predicted octanol–water partition coefficient (Wildman–Crippen LogP) is 2.11. The van der Waals surface area contributed by atoms with Gasteiger partial charge in [-0.15, -0.1) is 0 Å². The highest BCUT2D eigenvalue weighted by Gasteiger charge is 2.18. The number of hydrogen-bond donors (Lipinski definition) is 0. The fraction of sp³-hybridized carbons (Fsp3) is 0.333. The van der Waals surface area contributed by atoms with Crippen molar-refractivity contribution < 1.29 is 0 Å².